The number of hydrogen-bond acceptors (Lipinski definition) is 5. The molecule has 6 nitrogen and oxygen atoms in total. The van der Waals surface area contributed by atoms with Gasteiger partial charge < -0.3 is 14.6 Å². The molecule has 3 heterocycles. The third-order valence-corrected chi connectivity index (χ3v) is 5.27. The first-order chi connectivity index (χ1) is 13.3. The van der Waals surface area contributed by atoms with Crippen LogP contribution < -0.4 is 5.32 Å². The summed E-state index contributed by atoms with van der Waals surface area (Å²) in [7, 11) is 0. The summed E-state index contributed by atoms with van der Waals surface area (Å²) in [4.78, 5) is 17.7. The Balaban J connectivity index is 1.55. The first-order valence-electron chi connectivity index (χ1n) is 9.55. The fourth-order valence-electron chi connectivity index (χ4n) is 3.64. The van der Waals surface area contributed by atoms with Crippen LogP contribution in [-0.4, -0.2) is 35.3 Å². The number of benzene rings is 1. The van der Waals surface area contributed by atoms with Crippen molar-refractivity contribution in [2.75, 3.05) is 13.2 Å². The largest absolute Gasteiger partial charge is 0.376 e. The van der Waals surface area contributed by atoms with Crippen LogP contribution in [0.15, 0.2) is 40.9 Å². The molecule has 27 heavy (non-hydrogen) atoms. The highest BCUT2D eigenvalue weighted by Gasteiger charge is 2.29. The summed E-state index contributed by atoms with van der Waals surface area (Å²) in [6.07, 6.45) is 4.35. The second-order valence-electron chi connectivity index (χ2n) is 7.29. The van der Waals surface area contributed by atoms with Crippen molar-refractivity contribution in [3.05, 3.63) is 47.7 Å². The van der Waals surface area contributed by atoms with Crippen molar-refractivity contribution in [1.29, 1.82) is 0 Å². The Morgan fingerprint density at radius 2 is 2.04 bits per heavy atom. The van der Waals surface area contributed by atoms with Crippen molar-refractivity contribution in [2.45, 2.75) is 37.7 Å². The number of aromatic nitrogens is 2. The van der Waals surface area contributed by atoms with E-state index in [1.807, 2.05) is 36.4 Å². The van der Waals surface area contributed by atoms with E-state index in [2.05, 4.69) is 15.5 Å². The van der Waals surface area contributed by atoms with Crippen molar-refractivity contribution in [1.82, 2.24) is 15.5 Å². The van der Waals surface area contributed by atoms with E-state index in [0.29, 0.717) is 34.8 Å². The highest BCUT2D eigenvalue weighted by atomic mass is 16.5. The van der Waals surface area contributed by atoms with Crippen molar-refractivity contribution in [2.24, 2.45) is 0 Å². The lowest BCUT2D eigenvalue weighted by Crippen LogP contribution is -2.32. The molecule has 1 aliphatic carbocycles. The van der Waals surface area contributed by atoms with Crippen molar-refractivity contribution < 1.29 is 14.1 Å². The second kappa shape index (κ2) is 6.78. The molecule has 1 aliphatic heterocycles. The molecule has 1 amide bonds. The number of hydrogen-bond donors (Lipinski definition) is 1. The number of nitrogens with one attached hydrogen (secondary N) is 1. The number of ether oxygens (including phenoxy) is 1. The van der Waals surface area contributed by atoms with Crippen LogP contribution >= 0.6 is 0 Å². The summed E-state index contributed by atoms with van der Waals surface area (Å²) < 4.78 is 11.1. The predicted molar refractivity (Wildman–Crippen MR) is 101 cm³/mol. The zero-order valence-corrected chi connectivity index (χ0v) is 15.0. The van der Waals surface area contributed by atoms with Gasteiger partial charge in [0.15, 0.2) is 0 Å². The quantitative estimate of drug-likeness (QED) is 0.748. The van der Waals surface area contributed by atoms with E-state index in [1.54, 1.807) is 0 Å². The fourth-order valence-corrected chi connectivity index (χ4v) is 3.64. The van der Waals surface area contributed by atoms with Crippen molar-refractivity contribution >= 4 is 17.0 Å². The van der Waals surface area contributed by atoms with Gasteiger partial charge in [-0.25, -0.2) is 4.98 Å². The maximum Gasteiger partial charge on any atom is 0.259 e. The lowest BCUT2D eigenvalue weighted by atomic mass is 10.0. The van der Waals surface area contributed by atoms with Crippen LogP contribution in [0, 0.1) is 0 Å². The molecule has 1 atom stereocenters. The number of nitrogens with zero attached hydrogens (tertiary/aromatic N) is 2. The summed E-state index contributed by atoms with van der Waals surface area (Å²) >= 11 is 0. The Morgan fingerprint density at radius 1 is 1.19 bits per heavy atom. The number of pyridine rings is 1. The van der Waals surface area contributed by atoms with Crippen molar-refractivity contribution in [3.8, 4) is 11.3 Å². The zero-order chi connectivity index (χ0) is 18.2. The second-order valence-corrected chi connectivity index (χ2v) is 7.29. The molecule has 2 fully saturated rings. The van der Waals surface area contributed by atoms with E-state index < -0.39 is 0 Å². The normalized spacial score (nSPS) is 19.5. The number of fused-ring (bicyclic) bond motifs is 1. The average Bonchev–Trinajstić information content (AvgIpc) is 3.26. The Kier molecular flexibility index (Phi) is 4.13. The van der Waals surface area contributed by atoms with Crippen LogP contribution in [0.5, 0.6) is 0 Å². The van der Waals surface area contributed by atoms with Gasteiger partial charge in [0.05, 0.1) is 17.1 Å². The van der Waals surface area contributed by atoms with Gasteiger partial charge in [0.25, 0.3) is 11.6 Å². The van der Waals surface area contributed by atoms with Crippen LogP contribution in [0.25, 0.3) is 22.4 Å². The average molecular weight is 363 g/mol. The Bertz CT molecular complexity index is 973. The molecule has 0 bridgehead atoms. The number of carbonyl (C=O) groups excluding carboxylic acids is 1. The van der Waals surface area contributed by atoms with E-state index in [0.717, 1.165) is 43.5 Å². The van der Waals surface area contributed by atoms with Gasteiger partial charge in [-0.15, -0.1) is 0 Å². The van der Waals surface area contributed by atoms with Gasteiger partial charge in [-0.2, -0.15) is 0 Å². The van der Waals surface area contributed by atoms with E-state index in [9.17, 15) is 4.79 Å². The summed E-state index contributed by atoms with van der Waals surface area (Å²) in [5.74, 6) is 0.296. The molecule has 0 radical (unpaired) electrons. The monoisotopic (exact) mass is 363 g/mol. The van der Waals surface area contributed by atoms with Crippen LogP contribution in [0.4, 0.5) is 0 Å². The lowest BCUT2D eigenvalue weighted by Gasteiger charge is -2.12. The van der Waals surface area contributed by atoms with Gasteiger partial charge in [0.2, 0.25) is 0 Å². The van der Waals surface area contributed by atoms with Crippen LogP contribution in [0.3, 0.4) is 0 Å². The predicted octanol–water partition coefficient (Wildman–Crippen LogP) is 3.68. The Morgan fingerprint density at radius 3 is 2.78 bits per heavy atom. The minimum atomic E-state index is -0.125. The standard InChI is InChI=1S/C21H21N3O3/c25-20(22-12-15-7-4-10-26-15)16-11-17(13-8-9-13)23-21-18(16)19(24-27-21)14-5-2-1-3-6-14/h1-3,5-6,11,13,15H,4,7-10,12H2,(H,22,25). The molecule has 1 N–H and O–H groups in total. The summed E-state index contributed by atoms with van der Waals surface area (Å²) in [6, 6.07) is 11.7. The van der Waals surface area contributed by atoms with Gasteiger partial charge in [-0.1, -0.05) is 35.5 Å². The molecule has 1 aromatic carbocycles. The van der Waals surface area contributed by atoms with E-state index >= 15 is 0 Å². The smallest absolute Gasteiger partial charge is 0.259 e. The number of carbonyl (C=O) groups is 1. The molecule has 138 valence electrons. The molecule has 1 saturated carbocycles. The highest BCUT2D eigenvalue weighted by Crippen LogP contribution is 2.41. The molecular formula is C21H21N3O3. The van der Waals surface area contributed by atoms with Gasteiger partial charge in [-0.3, -0.25) is 4.79 Å². The molecule has 1 unspecified atom stereocenters. The molecule has 6 heteroatoms. The SMILES string of the molecule is O=C(NCC1CCCO1)c1cc(C2CC2)nc2onc(-c3ccccc3)c12. The summed E-state index contributed by atoms with van der Waals surface area (Å²) in [5, 5.41) is 7.93. The zero-order valence-electron chi connectivity index (χ0n) is 15.0. The van der Waals surface area contributed by atoms with Gasteiger partial charge in [0, 0.05) is 30.3 Å². The molecular weight excluding hydrogens is 342 g/mol. The summed E-state index contributed by atoms with van der Waals surface area (Å²) in [5.41, 5.74) is 3.49. The van der Waals surface area contributed by atoms with Crippen LogP contribution in [0.1, 0.15) is 47.7 Å². The lowest BCUT2D eigenvalue weighted by molar-refractivity contribution is 0.0859. The van der Waals surface area contributed by atoms with Gasteiger partial charge in [0.1, 0.15) is 5.69 Å². The minimum absolute atomic E-state index is 0.102. The molecule has 0 spiro atoms. The van der Waals surface area contributed by atoms with E-state index in [-0.39, 0.29) is 12.0 Å². The molecule has 2 aliphatic rings. The molecule has 1 saturated heterocycles. The van der Waals surface area contributed by atoms with Crippen molar-refractivity contribution in [3.63, 3.8) is 0 Å². The maximum absolute atomic E-state index is 13.0. The summed E-state index contributed by atoms with van der Waals surface area (Å²) in [6.45, 7) is 1.29. The molecule has 3 aromatic rings. The highest BCUT2D eigenvalue weighted by molar-refractivity contribution is 6.09. The first-order valence-corrected chi connectivity index (χ1v) is 9.55. The van der Waals surface area contributed by atoms with Crippen LogP contribution in [-0.2, 0) is 4.74 Å². The Hall–Kier alpha value is -2.73. The van der Waals surface area contributed by atoms with Crippen LogP contribution in [0.2, 0.25) is 0 Å². The molecule has 2 aromatic heterocycles. The number of amides is 1. The van der Waals surface area contributed by atoms with E-state index in [1.165, 1.54) is 0 Å². The topological polar surface area (TPSA) is 77.2 Å². The third kappa shape index (κ3) is 3.21. The third-order valence-electron chi connectivity index (χ3n) is 5.27. The fraction of sp³-hybridized carbons (Fsp3) is 0.381. The first kappa shape index (κ1) is 16.4. The van der Waals surface area contributed by atoms with E-state index in [4.69, 9.17) is 9.26 Å². The number of rotatable bonds is 5. The maximum atomic E-state index is 13.0. The van der Waals surface area contributed by atoms with Gasteiger partial charge in [-0.05, 0) is 31.7 Å². The minimum Gasteiger partial charge on any atom is -0.376 e. The Labute approximate surface area is 156 Å². The molecule has 5 rings (SSSR count). The van der Waals surface area contributed by atoms with Gasteiger partial charge >= 0.3 is 0 Å².